The van der Waals surface area contributed by atoms with Gasteiger partial charge in [0.15, 0.2) is 0 Å². The van der Waals surface area contributed by atoms with Crippen LogP contribution in [0.5, 0.6) is 11.5 Å². The van der Waals surface area contributed by atoms with Crippen LogP contribution in [0.2, 0.25) is 0 Å². The molecule has 3 rings (SSSR count). The van der Waals surface area contributed by atoms with Gasteiger partial charge >= 0.3 is 17.9 Å². The summed E-state index contributed by atoms with van der Waals surface area (Å²) in [6, 6.07) is 11.9. The second kappa shape index (κ2) is 27.2. The lowest BCUT2D eigenvalue weighted by Gasteiger charge is -2.27. The Labute approximate surface area is 380 Å². The van der Waals surface area contributed by atoms with Crippen molar-refractivity contribution in [1.82, 2.24) is 21.3 Å². The molecule has 0 heterocycles. The monoisotopic (exact) mass is 930 g/mol. The fourth-order valence-corrected chi connectivity index (χ4v) is 6.91. The Kier molecular flexibility index (Phi) is 22.2. The highest BCUT2D eigenvalue weighted by Gasteiger charge is 2.33. The van der Waals surface area contributed by atoms with Crippen molar-refractivity contribution in [2.45, 2.75) is 88.5 Å². The lowest BCUT2D eigenvalue weighted by molar-refractivity contribution is -0.148. The summed E-state index contributed by atoms with van der Waals surface area (Å²) in [6.45, 7) is 2.65. The normalized spacial score (nSPS) is 13.2. The molecule has 4 amide bonds. The number of anilines is 1. The number of ether oxygens (including phenoxy) is 1. The number of nitrogens with one attached hydrogen (secondary N) is 4. The number of rotatable bonds is 28. The number of hydrogen-bond acceptors (Lipinski definition) is 12. The van der Waals surface area contributed by atoms with Crippen LogP contribution >= 0.6 is 23.2 Å². The highest BCUT2D eigenvalue weighted by molar-refractivity contribution is 6.18. The molecule has 0 bridgehead atoms. The van der Waals surface area contributed by atoms with E-state index >= 15 is 0 Å². The van der Waals surface area contributed by atoms with E-state index in [4.69, 9.17) is 33.7 Å². The van der Waals surface area contributed by atoms with Gasteiger partial charge in [-0.25, -0.2) is 4.79 Å². The number of nitrogens with two attached hydrogens (primary N) is 1. The van der Waals surface area contributed by atoms with Gasteiger partial charge in [0.25, 0.3) is 0 Å². The molecule has 10 N–H and O–H groups in total. The lowest BCUT2D eigenvalue weighted by Crippen LogP contribution is -2.59. The lowest BCUT2D eigenvalue weighted by atomic mass is 10.0. The van der Waals surface area contributed by atoms with Crippen molar-refractivity contribution in [2.24, 2.45) is 5.73 Å². The predicted molar refractivity (Wildman–Crippen MR) is 238 cm³/mol. The minimum absolute atomic E-state index is 0.00418. The van der Waals surface area contributed by atoms with Gasteiger partial charge in [0, 0.05) is 56.2 Å². The number of halogens is 2. The highest BCUT2D eigenvalue weighted by Crippen LogP contribution is 2.18. The average molecular weight is 932 g/mol. The molecule has 5 atom stereocenters. The topological polar surface area (TPSA) is 287 Å². The molecule has 20 heteroatoms. The van der Waals surface area contributed by atoms with E-state index in [1.807, 2.05) is 17.0 Å². The summed E-state index contributed by atoms with van der Waals surface area (Å²) < 4.78 is 5.24. The third kappa shape index (κ3) is 18.3. The van der Waals surface area contributed by atoms with Crippen molar-refractivity contribution in [3.63, 3.8) is 0 Å². The fourth-order valence-electron chi connectivity index (χ4n) is 6.50. The standard InChI is InChI=1S/C44H56Cl2N6O12/c1-2-64-44(63)37(26-28-6-12-30(13-7-28)52(22-20-45)23-21-46)51-42(61)35(18-19-39(57)58)49-43(62)36(25-29-10-16-32(54)17-11-29)50-41(60)34(4-3-5-38(55)56)48-40(59)33(47)24-27-8-14-31(53)15-9-27/h6-17,33-37,53-54H,2-5,18-26,47H2,1H3,(H,48,59)(H,49,62)(H,50,60)(H,51,61)(H,55,56)(H,57,58)/t33-,34-,35-,36-,37-/m1/s1. The van der Waals surface area contributed by atoms with Crippen LogP contribution in [0.4, 0.5) is 5.69 Å². The molecule has 3 aromatic carbocycles. The predicted octanol–water partition coefficient (Wildman–Crippen LogP) is 2.36. The first-order valence-corrected chi connectivity index (χ1v) is 21.7. The van der Waals surface area contributed by atoms with E-state index in [9.17, 15) is 54.0 Å². The second-order valence-corrected chi connectivity index (χ2v) is 15.6. The van der Waals surface area contributed by atoms with Crippen LogP contribution < -0.4 is 31.9 Å². The molecular weight excluding hydrogens is 875 g/mol. The summed E-state index contributed by atoms with van der Waals surface area (Å²) in [4.78, 5) is 93.6. The zero-order chi connectivity index (χ0) is 47.2. The van der Waals surface area contributed by atoms with Gasteiger partial charge < -0.3 is 57.1 Å². The maximum absolute atomic E-state index is 14.2. The minimum Gasteiger partial charge on any atom is -0.508 e. The Balaban J connectivity index is 1.89. The number of alkyl halides is 2. The van der Waals surface area contributed by atoms with Crippen LogP contribution in [-0.2, 0) is 57.6 Å². The van der Waals surface area contributed by atoms with Crippen LogP contribution in [0.1, 0.15) is 55.7 Å². The highest BCUT2D eigenvalue weighted by atomic mass is 35.5. The number of hydrogen-bond donors (Lipinski definition) is 9. The van der Waals surface area contributed by atoms with Crippen molar-refractivity contribution >= 4 is 70.4 Å². The summed E-state index contributed by atoms with van der Waals surface area (Å²) in [5.41, 5.74) is 8.66. The minimum atomic E-state index is -1.55. The number of phenols is 2. The molecule has 64 heavy (non-hydrogen) atoms. The van der Waals surface area contributed by atoms with Crippen LogP contribution in [-0.4, -0.2) is 124 Å². The molecule has 0 aliphatic carbocycles. The molecule has 0 aromatic heterocycles. The number of benzene rings is 3. The third-order valence-electron chi connectivity index (χ3n) is 9.87. The van der Waals surface area contributed by atoms with Crippen molar-refractivity contribution in [3.05, 3.63) is 89.5 Å². The summed E-state index contributed by atoms with van der Waals surface area (Å²) in [5, 5.41) is 48.5. The molecular formula is C44H56Cl2N6O12. The third-order valence-corrected chi connectivity index (χ3v) is 10.2. The van der Waals surface area contributed by atoms with Crippen LogP contribution in [0.15, 0.2) is 72.8 Å². The Morgan fingerprint density at radius 1 is 0.594 bits per heavy atom. The maximum Gasteiger partial charge on any atom is 0.328 e. The van der Waals surface area contributed by atoms with Gasteiger partial charge in [-0.1, -0.05) is 36.4 Å². The molecule has 0 spiro atoms. The molecule has 0 aliphatic heterocycles. The number of aliphatic carboxylic acids is 2. The molecule has 348 valence electrons. The van der Waals surface area contributed by atoms with E-state index in [2.05, 4.69) is 21.3 Å². The first-order chi connectivity index (χ1) is 30.5. The smallest absolute Gasteiger partial charge is 0.328 e. The Morgan fingerprint density at radius 2 is 1.02 bits per heavy atom. The number of carbonyl (C=O) groups excluding carboxylic acids is 5. The van der Waals surface area contributed by atoms with Crippen molar-refractivity contribution in [1.29, 1.82) is 0 Å². The number of phenolic OH excluding ortho intramolecular Hbond substituents is 2. The molecule has 0 saturated carbocycles. The molecule has 18 nitrogen and oxygen atoms in total. The number of carbonyl (C=O) groups is 7. The van der Waals surface area contributed by atoms with E-state index in [-0.39, 0.29) is 56.6 Å². The van der Waals surface area contributed by atoms with Crippen LogP contribution in [0.3, 0.4) is 0 Å². The summed E-state index contributed by atoms with van der Waals surface area (Å²) >= 11 is 11.9. The number of nitrogens with zero attached hydrogens (tertiary/aromatic N) is 1. The van der Waals surface area contributed by atoms with Gasteiger partial charge in [-0.05, 0) is 85.7 Å². The summed E-state index contributed by atoms with van der Waals surface area (Å²) in [6.07, 6.45) is -1.84. The zero-order valence-electron chi connectivity index (χ0n) is 35.3. The SMILES string of the molecule is CCOC(=O)[C@@H](Cc1ccc(N(CCCl)CCCl)cc1)NC(=O)[C@@H](CCC(=O)O)NC(=O)[C@@H](Cc1ccc(O)cc1)NC(=O)[C@@H](CCCC(=O)O)NC(=O)[C@H](N)Cc1ccc(O)cc1. The first kappa shape index (κ1) is 52.2. The van der Waals surface area contributed by atoms with Gasteiger partial charge in [-0.15, -0.1) is 23.2 Å². The van der Waals surface area contributed by atoms with Crippen LogP contribution in [0.25, 0.3) is 0 Å². The molecule has 0 fully saturated rings. The number of esters is 1. The molecule has 3 aromatic rings. The second-order valence-electron chi connectivity index (χ2n) is 14.8. The largest absolute Gasteiger partial charge is 0.508 e. The average Bonchev–Trinajstić information content (AvgIpc) is 3.25. The van der Waals surface area contributed by atoms with Gasteiger partial charge in [-0.2, -0.15) is 0 Å². The Bertz CT molecular complexity index is 2000. The van der Waals surface area contributed by atoms with Gasteiger partial charge in [0.2, 0.25) is 23.6 Å². The maximum atomic E-state index is 14.2. The first-order valence-electron chi connectivity index (χ1n) is 20.6. The number of carboxylic acid groups (broad SMARTS) is 2. The summed E-state index contributed by atoms with van der Waals surface area (Å²) in [5.74, 6) is -6.11. The summed E-state index contributed by atoms with van der Waals surface area (Å²) in [7, 11) is 0. The molecule has 0 radical (unpaired) electrons. The zero-order valence-corrected chi connectivity index (χ0v) is 36.9. The van der Waals surface area contributed by atoms with E-state index in [0.717, 1.165) is 5.69 Å². The van der Waals surface area contributed by atoms with Gasteiger partial charge in [-0.3, -0.25) is 28.8 Å². The quantitative estimate of drug-likeness (QED) is 0.0374. The van der Waals surface area contributed by atoms with Crippen LogP contribution in [0, 0.1) is 0 Å². The van der Waals surface area contributed by atoms with E-state index in [1.54, 1.807) is 31.2 Å². The van der Waals surface area contributed by atoms with E-state index in [1.165, 1.54) is 36.4 Å². The van der Waals surface area contributed by atoms with Crippen molar-refractivity contribution in [2.75, 3.05) is 36.4 Å². The number of carboxylic acids is 2. The molecule has 0 aliphatic rings. The van der Waals surface area contributed by atoms with Crippen molar-refractivity contribution in [3.8, 4) is 11.5 Å². The van der Waals surface area contributed by atoms with Gasteiger partial charge in [0.05, 0.1) is 12.6 Å². The van der Waals surface area contributed by atoms with Gasteiger partial charge in [0.1, 0.15) is 35.7 Å². The fraction of sp³-hybridized carbons (Fsp3) is 0.432. The molecule has 0 unspecified atom stereocenters. The Hall–Kier alpha value is -6.11. The van der Waals surface area contributed by atoms with Crippen molar-refractivity contribution < 1.29 is 58.7 Å². The van der Waals surface area contributed by atoms with E-state index < -0.39 is 84.6 Å². The van der Waals surface area contributed by atoms with E-state index in [0.29, 0.717) is 41.5 Å². The number of amides is 4. The Morgan fingerprint density at radius 3 is 1.52 bits per heavy atom. The number of aromatic hydroxyl groups is 2. The molecule has 0 saturated heterocycles.